The summed E-state index contributed by atoms with van der Waals surface area (Å²) >= 11 is 0. The van der Waals surface area contributed by atoms with Crippen molar-refractivity contribution in [2.45, 2.75) is 19.3 Å². The number of anilines is 2. The Bertz CT molecular complexity index is 316. The number of hydrogen-bond donors (Lipinski definition) is 2. The van der Waals surface area contributed by atoms with E-state index in [1.807, 2.05) is 12.1 Å². The minimum atomic E-state index is 0.181. The van der Waals surface area contributed by atoms with Crippen LogP contribution in [-0.4, -0.2) is 6.54 Å². The predicted octanol–water partition coefficient (Wildman–Crippen LogP) is 1.97. The minimum Gasteiger partial charge on any atom is -0.398 e. The number of hydrogen-bond acceptors (Lipinski definition) is 2. The highest BCUT2D eigenvalue weighted by atomic mass is 14.9. The van der Waals surface area contributed by atoms with E-state index in [9.17, 15) is 0 Å². The molecule has 0 saturated carbocycles. The van der Waals surface area contributed by atoms with Gasteiger partial charge in [-0.25, -0.2) is 0 Å². The zero-order valence-corrected chi connectivity index (χ0v) is 7.52. The fourth-order valence-electron chi connectivity index (χ4n) is 1.88. The Morgan fingerprint density at radius 2 is 2.17 bits per heavy atom. The smallest absolute Gasteiger partial charge is 0.0399 e. The molecule has 1 heterocycles. The molecule has 1 aliphatic heterocycles. The van der Waals surface area contributed by atoms with Gasteiger partial charge in [0.05, 0.1) is 0 Å². The van der Waals surface area contributed by atoms with Crippen molar-refractivity contribution in [3.8, 4) is 0 Å². The van der Waals surface area contributed by atoms with Crippen LogP contribution < -0.4 is 11.1 Å². The zero-order valence-electron chi connectivity index (χ0n) is 7.52. The second-order valence-corrected chi connectivity index (χ2v) is 4.01. The Balaban J connectivity index is 2.64. The number of rotatable bonds is 0. The lowest BCUT2D eigenvalue weighted by Gasteiger charge is -2.18. The topological polar surface area (TPSA) is 38.0 Å². The van der Waals surface area contributed by atoms with Crippen molar-refractivity contribution < 1.29 is 0 Å². The molecule has 0 saturated heterocycles. The molecule has 0 amide bonds. The Labute approximate surface area is 72.8 Å². The fraction of sp³-hybridized carbons (Fsp3) is 0.400. The van der Waals surface area contributed by atoms with Gasteiger partial charge in [0.15, 0.2) is 0 Å². The van der Waals surface area contributed by atoms with Gasteiger partial charge in [-0.05, 0) is 12.1 Å². The monoisotopic (exact) mass is 162 g/mol. The van der Waals surface area contributed by atoms with Crippen molar-refractivity contribution in [3.63, 3.8) is 0 Å². The third-order valence-electron chi connectivity index (χ3n) is 2.49. The van der Waals surface area contributed by atoms with E-state index in [0.29, 0.717) is 0 Å². The van der Waals surface area contributed by atoms with Crippen molar-refractivity contribution in [2.75, 3.05) is 17.6 Å². The molecule has 0 radical (unpaired) electrons. The van der Waals surface area contributed by atoms with E-state index >= 15 is 0 Å². The summed E-state index contributed by atoms with van der Waals surface area (Å²) in [6.45, 7) is 5.40. The van der Waals surface area contributed by atoms with Crippen LogP contribution in [0.25, 0.3) is 0 Å². The molecular weight excluding hydrogens is 148 g/mol. The summed E-state index contributed by atoms with van der Waals surface area (Å²) in [4.78, 5) is 0. The minimum absolute atomic E-state index is 0.181. The van der Waals surface area contributed by atoms with Crippen molar-refractivity contribution in [3.05, 3.63) is 23.8 Å². The molecule has 1 aromatic rings. The van der Waals surface area contributed by atoms with E-state index in [1.165, 1.54) is 11.3 Å². The fourth-order valence-corrected chi connectivity index (χ4v) is 1.88. The van der Waals surface area contributed by atoms with Gasteiger partial charge in [-0.15, -0.1) is 0 Å². The number of nitrogen functional groups attached to an aromatic ring is 1. The second kappa shape index (κ2) is 2.16. The van der Waals surface area contributed by atoms with E-state index in [-0.39, 0.29) is 5.41 Å². The third kappa shape index (κ3) is 0.876. The SMILES string of the molecule is CC1(C)CNc2cccc(N)c21. The standard InChI is InChI=1S/C10H14N2/c1-10(2)6-12-8-5-3-4-7(11)9(8)10/h3-5,12H,6,11H2,1-2H3. The second-order valence-electron chi connectivity index (χ2n) is 4.01. The van der Waals surface area contributed by atoms with Gasteiger partial charge in [0, 0.05) is 28.9 Å². The number of benzene rings is 1. The molecule has 2 nitrogen and oxygen atoms in total. The molecule has 0 aliphatic carbocycles. The van der Waals surface area contributed by atoms with Crippen LogP contribution in [-0.2, 0) is 5.41 Å². The van der Waals surface area contributed by atoms with Gasteiger partial charge in [0.1, 0.15) is 0 Å². The highest BCUT2D eigenvalue weighted by Crippen LogP contribution is 2.39. The van der Waals surface area contributed by atoms with E-state index in [1.54, 1.807) is 0 Å². The van der Waals surface area contributed by atoms with E-state index in [4.69, 9.17) is 5.73 Å². The lowest BCUT2D eigenvalue weighted by atomic mass is 9.86. The van der Waals surface area contributed by atoms with Gasteiger partial charge in [-0.2, -0.15) is 0 Å². The average molecular weight is 162 g/mol. The van der Waals surface area contributed by atoms with Gasteiger partial charge in [-0.3, -0.25) is 0 Å². The highest BCUT2D eigenvalue weighted by Gasteiger charge is 2.31. The van der Waals surface area contributed by atoms with Crippen LogP contribution >= 0.6 is 0 Å². The van der Waals surface area contributed by atoms with Gasteiger partial charge < -0.3 is 11.1 Å². The lowest BCUT2D eigenvalue weighted by Crippen LogP contribution is -2.20. The maximum atomic E-state index is 5.91. The molecule has 2 heteroatoms. The van der Waals surface area contributed by atoms with Crippen LogP contribution in [0.1, 0.15) is 19.4 Å². The Morgan fingerprint density at radius 3 is 2.83 bits per heavy atom. The average Bonchev–Trinajstić information content (AvgIpc) is 2.29. The molecule has 0 fully saturated rings. The molecule has 3 N–H and O–H groups in total. The lowest BCUT2D eigenvalue weighted by molar-refractivity contribution is 0.588. The molecule has 1 aliphatic rings. The quantitative estimate of drug-likeness (QED) is 0.572. The molecule has 0 unspecified atom stereocenters. The molecule has 0 atom stereocenters. The maximum absolute atomic E-state index is 5.91. The summed E-state index contributed by atoms with van der Waals surface area (Å²) in [6.07, 6.45) is 0. The highest BCUT2D eigenvalue weighted by molar-refractivity contribution is 5.70. The molecule has 1 aromatic carbocycles. The van der Waals surface area contributed by atoms with Crippen molar-refractivity contribution >= 4 is 11.4 Å². The summed E-state index contributed by atoms with van der Waals surface area (Å²) in [5, 5.41) is 3.35. The first-order valence-electron chi connectivity index (χ1n) is 4.24. The van der Waals surface area contributed by atoms with Crippen molar-refractivity contribution in [2.24, 2.45) is 0 Å². The Hall–Kier alpha value is -1.18. The van der Waals surface area contributed by atoms with Crippen molar-refractivity contribution in [1.29, 1.82) is 0 Å². The summed E-state index contributed by atoms with van der Waals surface area (Å²) in [5.74, 6) is 0. The molecule has 64 valence electrons. The molecule has 12 heavy (non-hydrogen) atoms. The molecule has 2 rings (SSSR count). The van der Waals surface area contributed by atoms with Crippen LogP contribution in [0.5, 0.6) is 0 Å². The molecular formula is C10H14N2. The first-order chi connectivity index (χ1) is 5.61. The van der Waals surface area contributed by atoms with Gasteiger partial charge >= 0.3 is 0 Å². The zero-order chi connectivity index (χ0) is 8.77. The first-order valence-corrected chi connectivity index (χ1v) is 4.24. The van der Waals surface area contributed by atoms with Crippen LogP contribution in [0.15, 0.2) is 18.2 Å². The first kappa shape index (κ1) is 7.47. The number of fused-ring (bicyclic) bond motifs is 1. The molecule has 0 bridgehead atoms. The van der Waals surface area contributed by atoms with Crippen LogP contribution in [0.4, 0.5) is 11.4 Å². The van der Waals surface area contributed by atoms with E-state index in [2.05, 4.69) is 25.2 Å². The maximum Gasteiger partial charge on any atom is 0.0399 e. The third-order valence-corrected chi connectivity index (χ3v) is 2.49. The largest absolute Gasteiger partial charge is 0.398 e. The van der Waals surface area contributed by atoms with E-state index in [0.717, 1.165) is 12.2 Å². The summed E-state index contributed by atoms with van der Waals surface area (Å²) in [7, 11) is 0. The molecule has 0 spiro atoms. The normalized spacial score (nSPS) is 18.5. The van der Waals surface area contributed by atoms with Gasteiger partial charge in [0.2, 0.25) is 0 Å². The Kier molecular flexibility index (Phi) is 1.34. The Morgan fingerprint density at radius 1 is 1.42 bits per heavy atom. The van der Waals surface area contributed by atoms with Gasteiger partial charge in [-0.1, -0.05) is 19.9 Å². The summed E-state index contributed by atoms with van der Waals surface area (Å²) in [5.41, 5.74) is 9.46. The van der Waals surface area contributed by atoms with Crippen LogP contribution in [0.3, 0.4) is 0 Å². The van der Waals surface area contributed by atoms with Crippen molar-refractivity contribution in [1.82, 2.24) is 0 Å². The predicted molar refractivity (Wildman–Crippen MR) is 52.4 cm³/mol. The van der Waals surface area contributed by atoms with Crippen LogP contribution in [0.2, 0.25) is 0 Å². The van der Waals surface area contributed by atoms with Crippen LogP contribution in [0, 0.1) is 0 Å². The summed E-state index contributed by atoms with van der Waals surface area (Å²) < 4.78 is 0. The molecule has 0 aromatic heterocycles. The van der Waals surface area contributed by atoms with Gasteiger partial charge in [0.25, 0.3) is 0 Å². The number of nitrogens with two attached hydrogens (primary N) is 1. The number of nitrogens with one attached hydrogen (secondary N) is 1. The van der Waals surface area contributed by atoms with E-state index < -0.39 is 0 Å². The summed E-state index contributed by atoms with van der Waals surface area (Å²) in [6, 6.07) is 6.04.